The van der Waals surface area contributed by atoms with Gasteiger partial charge in [-0.3, -0.25) is 4.79 Å². The topological polar surface area (TPSA) is 89.6 Å². The van der Waals surface area contributed by atoms with Gasteiger partial charge in [-0.2, -0.15) is 0 Å². The molecule has 2 N–H and O–H groups in total. The van der Waals surface area contributed by atoms with Crippen LogP contribution >= 0.6 is 0 Å². The normalized spacial score (nSPS) is 32.2. The molecule has 36 heavy (non-hydrogen) atoms. The van der Waals surface area contributed by atoms with Crippen molar-refractivity contribution in [1.29, 1.82) is 0 Å². The van der Waals surface area contributed by atoms with Gasteiger partial charge in [-0.15, -0.1) is 0 Å². The van der Waals surface area contributed by atoms with E-state index in [0.29, 0.717) is 38.0 Å². The number of hydrogen-bond donors (Lipinski definition) is 2. The van der Waals surface area contributed by atoms with Crippen LogP contribution in [0.15, 0.2) is 23.8 Å². The number of carbonyl (C=O) groups is 1. The van der Waals surface area contributed by atoms with E-state index in [1.54, 1.807) is 14.0 Å². The van der Waals surface area contributed by atoms with Crippen molar-refractivity contribution in [1.82, 2.24) is 5.32 Å². The predicted octanol–water partition coefficient (Wildman–Crippen LogP) is 4.25. The highest BCUT2D eigenvalue weighted by atomic mass is 16.6. The Morgan fingerprint density at radius 2 is 2.03 bits per heavy atom. The molecule has 0 bridgehead atoms. The third-order valence-corrected chi connectivity index (χ3v) is 7.60. The number of methoxy groups -OCH3 is 1. The maximum atomic E-state index is 12.0. The molecule has 0 aromatic carbocycles. The first-order chi connectivity index (χ1) is 17.0. The zero-order valence-electron chi connectivity index (χ0n) is 23.5. The molecule has 0 spiro atoms. The van der Waals surface area contributed by atoms with Gasteiger partial charge < -0.3 is 29.4 Å². The molecule has 0 saturated carbocycles. The minimum absolute atomic E-state index is 0.0139. The van der Waals surface area contributed by atoms with E-state index >= 15 is 0 Å². The van der Waals surface area contributed by atoms with Crippen molar-refractivity contribution in [2.75, 3.05) is 26.9 Å². The van der Waals surface area contributed by atoms with Crippen LogP contribution in [0.5, 0.6) is 0 Å². The molecule has 9 atom stereocenters. The second-order valence-corrected chi connectivity index (χ2v) is 11.0. The maximum Gasteiger partial charge on any atom is 0.222 e. The summed E-state index contributed by atoms with van der Waals surface area (Å²) < 4.78 is 23.1. The number of aliphatic hydroxyl groups excluding tert-OH is 1. The molecule has 0 unspecified atom stereocenters. The molecule has 2 heterocycles. The molecule has 1 amide bonds. The lowest BCUT2D eigenvalue weighted by Gasteiger charge is -2.35. The van der Waals surface area contributed by atoms with E-state index in [9.17, 15) is 9.90 Å². The van der Waals surface area contributed by atoms with Crippen LogP contribution in [0, 0.1) is 24.7 Å². The first-order valence-electron chi connectivity index (χ1n) is 13.5. The zero-order valence-corrected chi connectivity index (χ0v) is 23.5. The van der Waals surface area contributed by atoms with Gasteiger partial charge in [0.05, 0.1) is 42.7 Å². The number of rotatable bonds is 15. The summed E-state index contributed by atoms with van der Waals surface area (Å²) in [6, 6.07) is 0. The number of epoxide rings is 1. The van der Waals surface area contributed by atoms with Crippen molar-refractivity contribution in [3.8, 4) is 0 Å². The average Bonchev–Trinajstić information content (AvgIpc) is 3.49. The summed E-state index contributed by atoms with van der Waals surface area (Å²) in [6.45, 7) is 17.5. The Kier molecular flexibility index (Phi) is 12.6. The van der Waals surface area contributed by atoms with E-state index in [1.165, 1.54) is 5.57 Å². The van der Waals surface area contributed by atoms with Gasteiger partial charge in [0.1, 0.15) is 0 Å². The van der Waals surface area contributed by atoms with E-state index < -0.39 is 6.10 Å². The predicted molar refractivity (Wildman–Crippen MR) is 142 cm³/mol. The fourth-order valence-electron chi connectivity index (χ4n) is 5.61. The van der Waals surface area contributed by atoms with Crippen LogP contribution in [0.2, 0.25) is 0 Å². The van der Waals surface area contributed by atoms with Gasteiger partial charge in [-0.25, -0.2) is 0 Å². The summed E-state index contributed by atoms with van der Waals surface area (Å²) in [4.78, 5) is 12.0. The Labute approximate surface area is 219 Å². The van der Waals surface area contributed by atoms with E-state index in [1.807, 2.05) is 0 Å². The van der Waals surface area contributed by atoms with Crippen LogP contribution in [0.3, 0.4) is 0 Å². The van der Waals surface area contributed by atoms with Crippen molar-refractivity contribution >= 4 is 5.91 Å². The van der Waals surface area contributed by atoms with Crippen molar-refractivity contribution in [2.45, 2.75) is 103 Å². The molecule has 1 radical (unpaired) electrons. The second-order valence-electron chi connectivity index (χ2n) is 11.0. The number of nitrogens with one attached hydrogen (secondary N) is 1. The summed E-state index contributed by atoms with van der Waals surface area (Å²) in [5.74, 6) is 0.903. The monoisotopic (exact) mass is 508 g/mol. The Hall–Kier alpha value is -1.25. The number of hydrogen-bond acceptors (Lipinski definition) is 6. The molecule has 7 heteroatoms. The first-order valence-corrected chi connectivity index (χ1v) is 13.5. The van der Waals surface area contributed by atoms with Crippen molar-refractivity contribution in [3.05, 3.63) is 30.7 Å². The smallest absolute Gasteiger partial charge is 0.222 e. The molecule has 0 aromatic heterocycles. The molecular weight excluding hydrogens is 458 g/mol. The second kappa shape index (κ2) is 14.6. The highest BCUT2D eigenvalue weighted by molar-refractivity contribution is 5.75. The van der Waals surface area contributed by atoms with Crippen molar-refractivity contribution < 1.29 is 28.8 Å². The molecule has 7 nitrogen and oxygen atoms in total. The quantitative estimate of drug-likeness (QED) is 0.195. The molecule has 2 aliphatic heterocycles. The Bertz CT molecular complexity index is 737. The third kappa shape index (κ3) is 9.25. The van der Waals surface area contributed by atoms with Crippen LogP contribution in [-0.4, -0.2) is 74.0 Å². The lowest BCUT2D eigenvalue weighted by Crippen LogP contribution is -2.41. The minimum atomic E-state index is -0.526. The Morgan fingerprint density at radius 1 is 1.31 bits per heavy atom. The standard InChI is InChI=1S/C29H50NO6/c1-9-34-16-15-25(32)30-18-24-14-13-21(4)26(35-24)20(3)12-10-11-19(2)17-29(7)28(36-29)22(5)27(33-8)23(6)31/h10-12,19,21-24,26-28,31H,1,9,13-18H2,2-8H3,(H,30,32)/b11-10+,20-12+/t19-,21+,22-,23-,24-,26-,27-,28-,29-/m1/s1. The van der Waals surface area contributed by atoms with E-state index in [4.69, 9.17) is 18.9 Å². The fourth-order valence-corrected chi connectivity index (χ4v) is 5.61. The van der Waals surface area contributed by atoms with Gasteiger partial charge in [0.25, 0.3) is 0 Å². The highest BCUT2D eigenvalue weighted by Gasteiger charge is 2.56. The van der Waals surface area contributed by atoms with E-state index in [2.05, 4.69) is 65.1 Å². The van der Waals surface area contributed by atoms with Crippen molar-refractivity contribution in [2.24, 2.45) is 17.8 Å². The van der Waals surface area contributed by atoms with Crippen LogP contribution < -0.4 is 5.32 Å². The fraction of sp³-hybridized carbons (Fsp3) is 0.793. The molecule has 207 valence electrons. The number of carbonyl (C=O) groups excluding carboxylic acids is 1. The van der Waals surface area contributed by atoms with Crippen LogP contribution in [0.1, 0.15) is 67.2 Å². The SMILES string of the molecule is [CH2]COCCC(=O)NC[C@H]1CC[C@H](C)[C@@H](/C(C)=C/C=C/[C@@H](C)C[C@@]2(C)O[C@@H]2[C@H](C)[C@@H](OC)[C@@H](C)O)O1. The number of allylic oxidation sites excluding steroid dienone is 3. The molecular formula is C29H50NO6. The summed E-state index contributed by atoms with van der Waals surface area (Å²) in [7, 11) is 1.64. The summed E-state index contributed by atoms with van der Waals surface area (Å²) in [5, 5.41) is 13.0. The molecule has 2 fully saturated rings. The van der Waals surface area contributed by atoms with Gasteiger partial charge in [0.15, 0.2) is 0 Å². The van der Waals surface area contributed by atoms with Gasteiger partial charge >= 0.3 is 0 Å². The average molecular weight is 509 g/mol. The van der Waals surface area contributed by atoms with Gasteiger partial charge in [0, 0.05) is 32.6 Å². The third-order valence-electron chi connectivity index (χ3n) is 7.60. The largest absolute Gasteiger partial charge is 0.391 e. The number of ether oxygens (including phenoxy) is 4. The summed E-state index contributed by atoms with van der Waals surface area (Å²) >= 11 is 0. The van der Waals surface area contributed by atoms with Gasteiger partial charge in [-0.05, 0) is 64.4 Å². The lowest BCUT2D eigenvalue weighted by molar-refractivity contribution is -0.123. The molecule has 2 saturated heterocycles. The lowest BCUT2D eigenvalue weighted by atomic mass is 9.85. The van der Waals surface area contributed by atoms with Crippen molar-refractivity contribution in [3.63, 3.8) is 0 Å². The minimum Gasteiger partial charge on any atom is -0.391 e. The van der Waals surface area contributed by atoms with Crippen LogP contribution in [0.25, 0.3) is 0 Å². The summed E-state index contributed by atoms with van der Waals surface area (Å²) in [6.07, 6.45) is 9.21. The first kappa shape index (κ1) is 31.0. The van der Waals surface area contributed by atoms with E-state index in [-0.39, 0.29) is 41.8 Å². The van der Waals surface area contributed by atoms with Crippen LogP contribution in [0.4, 0.5) is 0 Å². The zero-order chi connectivity index (χ0) is 26.9. The molecule has 2 rings (SSSR count). The Balaban J connectivity index is 1.83. The molecule has 0 aliphatic carbocycles. The maximum absolute atomic E-state index is 12.0. The Morgan fingerprint density at radius 3 is 2.67 bits per heavy atom. The summed E-state index contributed by atoms with van der Waals surface area (Å²) in [5.41, 5.74) is 1.01. The number of aliphatic hydroxyl groups is 1. The molecule has 2 aliphatic rings. The molecule has 0 aromatic rings. The van der Waals surface area contributed by atoms with Gasteiger partial charge in [-0.1, -0.05) is 39.0 Å². The van der Waals surface area contributed by atoms with E-state index in [0.717, 1.165) is 19.3 Å². The number of amides is 1. The van der Waals surface area contributed by atoms with Crippen LogP contribution in [-0.2, 0) is 23.7 Å². The highest BCUT2D eigenvalue weighted by Crippen LogP contribution is 2.47. The van der Waals surface area contributed by atoms with Gasteiger partial charge in [0.2, 0.25) is 5.91 Å².